The molecule has 16 heavy (non-hydrogen) atoms. The van der Waals surface area contributed by atoms with Gasteiger partial charge in [-0.1, -0.05) is 39.0 Å². The van der Waals surface area contributed by atoms with Gasteiger partial charge in [0.2, 0.25) is 0 Å². The van der Waals surface area contributed by atoms with Crippen LogP contribution in [0.4, 0.5) is 5.69 Å². The van der Waals surface area contributed by atoms with E-state index in [-0.39, 0.29) is 0 Å². The van der Waals surface area contributed by atoms with Crippen LogP contribution >= 0.6 is 0 Å². The van der Waals surface area contributed by atoms with Gasteiger partial charge in [-0.2, -0.15) is 0 Å². The molecular formula is C14H24N2. The second-order valence-electron chi connectivity index (χ2n) is 5.58. The molecule has 0 radical (unpaired) electrons. The Kier molecular flexibility index (Phi) is 4.36. The lowest BCUT2D eigenvalue weighted by molar-refractivity contribution is 0.418. The Morgan fingerprint density at radius 2 is 1.81 bits per heavy atom. The Bertz CT molecular complexity index is 326. The zero-order valence-corrected chi connectivity index (χ0v) is 11.0. The maximum Gasteiger partial charge on any atom is 0.0396 e. The lowest BCUT2D eigenvalue weighted by Gasteiger charge is -2.29. The molecule has 0 aliphatic heterocycles. The molecule has 1 aromatic carbocycles. The van der Waals surface area contributed by atoms with Crippen LogP contribution in [0.15, 0.2) is 24.3 Å². The van der Waals surface area contributed by atoms with Gasteiger partial charge in [-0.05, 0) is 30.0 Å². The summed E-state index contributed by atoms with van der Waals surface area (Å²) in [4.78, 5) is 2.32. The van der Waals surface area contributed by atoms with Crippen molar-refractivity contribution in [3.05, 3.63) is 29.8 Å². The molecule has 1 aromatic rings. The molecule has 0 aliphatic carbocycles. The monoisotopic (exact) mass is 220 g/mol. The van der Waals surface area contributed by atoms with Gasteiger partial charge in [-0.15, -0.1) is 0 Å². The van der Waals surface area contributed by atoms with E-state index in [4.69, 9.17) is 5.73 Å². The van der Waals surface area contributed by atoms with Gasteiger partial charge in [0.25, 0.3) is 0 Å². The van der Waals surface area contributed by atoms with Crippen LogP contribution in [0.5, 0.6) is 0 Å². The summed E-state index contributed by atoms with van der Waals surface area (Å²) in [5.74, 6) is 0. The van der Waals surface area contributed by atoms with Crippen molar-refractivity contribution in [1.29, 1.82) is 0 Å². The van der Waals surface area contributed by atoms with Crippen LogP contribution in [0.25, 0.3) is 0 Å². The molecule has 0 aromatic heterocycles. The molecule has 2 N–H and O–H groups in total. The molecule has 0 aliphatic rings. The topological polar surface area (TPSA) is 29.3 Å². The third kappa shape index (κ3) is 3.86. The number of anilines is 1. The van der Waals surface area contributed by atoms with Crippen LogP contribution < -0.4 is 10.6 Å². The van der Waals surface area contributed by atoms with E-state index in [1.165, 1.54) is 11.3 Å². The van der Waals surface area contributed by atoms with Gasteiger partial charge < -0.3 is 10.6 Å². The molecule has 2 heteroatoms. The number of rotatable bonds is 4. The summed E-state index contributed by atoms with van der Waals surface area (Å²) in [6.07, 6.45) is 0.949. The largest absolute Gasteiger partial charge is 0.374 e. The van der Waals surface area contributed by atoms with E-state index in [9.17, 15) is 0 Å². The van der Waals surface area contributed by atoms with Gasteiger partial charge in [-0.3, -0.25) is 0 Å². The van der Waals surface area contributed by atoms with E-state index in [1.807, 2.05) is 0 Å². The zero-order valence-electron chi connectivity index (χ0n) is 11.0. The summed E-state index contributed by atoms with van der Waals surface area (Å²) in [6, 6.07) is 8.52. The summed E-state index contributed by atoms with van der Waals surface area (Å²) in [6.45, 7) is 8.54. The van der Waals surface area contributed by atoms with Crippen molar-refractivity contribution in [2.75, 3.05) is 25.0 Å². The van der Waals surface area contributed by atoms with Gasteiger partial charge in [-0.25, -0.2) is 0 Å². The Morgan fingerprint density at radius 3 is 2.38 bits per heavy atom. The molecule has 0 spiro atoms. The molecule has 0 unspecified atom stereocenters. The van der Waals surface area contributed by atoms with Crippen molar-refractivity contribution >= 4 is 5.69 Å². The normalized spacial score (nSPS) is 11.6. The predicted molar refractivity (Wildman–Crippen MR) is 71.9 cm³/mol. The van der Waals surface area contributed by atoms with Crippen molar-refractivity contribution < 1.29 is 0 Å². The van der Waals surface area contributed by atoms with Crippen LogP contribution in [0.3, 0.4) is 0 Å². The fourth-order valence-electron chi connectivity index (χ4n) is 2.05. The van der Waals surface area contributed by atoms with Gasteiger partial charge >= 0.3 is 0 Å². The molecule has 0 fully saturated rings. The molecule has 2 nitrogen and oxygen atoms in total. The lowest BCUT2D eigenvalue weighted by Crippen LogP contribution is -2.30. The quantitative estimate of drug-likeness (QED) is 0.845. The Hall–Kier alpha value is -1.02. The highest BCUT2D eigenvalue weighted by atomic mass is 15.1. The highest BCUT2D eigenvalue weighted by molar-refractivity contribution is 5.53. The van der Waals surface area contributed by atoms with Crippen molar-refractivity contribution in [2.24, 2.45) is 11.1 Å². The average Bonchev–Trinajstić information content (AvgIpc) is 2.16. The maximum absolute atomic E-state index is 5.64. The molecule has 0 saturated heterocycles. The second kappa shape index (κ2) is 5.35. The van der Waals surface area contributed by atoms with Crippen molar-refractivity contribution in [3.8, 4) is 0 Å². The number of nitrogens with two attached hydrogens (primary N) is 1. The highest BCUT2D eigenvalue weighted by Crippen LogP contribution is 2.23. The van der Waals surface area contributed by atoms with E-state index in [0.717, 1.165) is 13.0 Å². The van der Waals surface area contributed by atoms with Crippen LogP contribution in [0, 0.1) is 5.41 Å². The fraction of sp³-hybridized carbons (Fsp3) is 0.571. The summed E-state index contributed by atoms with van der Waals surface area (Å²) in [7, 11) is 2.15. The number of nitrogens with zero attached hydrogens (tertiary/aromatic N) is 1. The molecule has 0 atom stereocenters. The summed E-state index contributed by atoms with van der Waals surface area (Å²) in [5, 5.41) is 0. The van der Waals surface area contributed by atoms with Gasteiger partial charge in [0.1, 0.15) is 0 Å². The number of hydrogen-bond donors (Lipinski definition) is 1. The van der Waals surface area contributed by atoms with Crippen LogP contribution in [-0.2, 0) is 6.42 Å². The SMILES string of the molecule is CN(CC(C)(C)C)c1ccccc1CCN. The first kappa shape index (κ1) is 13.0. The highest BCUT2D eigenvalue weighted by Gasteiger charge is 2.15. The van der Waals surface area contributed by atoms with Crippen molar-refractivity contribution in [2.45, 2.75) is 27.2 Å². The van der Waals surface area contributed by atoms with Crippen LogP contribution in [0.1, 0.15) is 26.3 Å². The molecule has 0 bridgehead atoms. The van der Waals surface area contributed by atoms with Gasteiger partial charge in [0, 0.05) is 19.3 Å². The van der Waals surface area contributed by atoms with E-state index in [2.05, 4.69) is 57.0 Å². The lowest BCUT2D eigenvalue weighted by atomic mass is 9.95. The summed E-state index contributed by atoms with van der Waals surface area (Å²) in [5.41, 5.74) is 8.60. The number of para-hydroxylation sites is 1. The van der Waals surface area contributed by atoms with E-state index in [1.54, 1.807) is 0 Å². The van der Waals surface area contributed by atoms with Crippen molar-refractivity contribution in [1.82, 2.24) is 0 Å². The molecule has 0 saturated carbocycles. The van der Waals surface area contributed by atoms with E-state index >= 15 is 0 Å². The van der Waals surface area contributed by atoms with Crippen LogP contribution in [-0.4, -0.2) is 20.1 Å². The third-order valence-corrected chi connectivity index (χ3v) is 2.53. The maximum atomic E-state index is 5.64. The summed E-state index contributed by atoms with van der Waals surface area (Å²) < 4.78 is 0. The number of benzene rings is 1. The fourth-order valence-corrected chi connectivity index (χ4v) is 2.05. The third-order valence-electron chi connectivity index (χ3n) is 2.53. The molecular weight excluding hydrogens is 196 g/mol. The van der Waals surface area contributed by atoms with Gasteiger partial charge in [0.15, 0.2) is 0 Å². The molecule has 0 amide bonds. The minimum absolute atomic E-state index is 0.310. The Labute approximate surface area is 99.5 Å². The molecule has 1 rings (SSSR count). The minimum Gasteiger partial charge on any atom is -0.374 e. The first-order chi connectivity index (χ1) is 7.44. The van der Waals surface area contributed by atoms with Crippen LogP contribution in [0.2, 0.25) is 0 Å². The zero-order chi connectivity index (χ0) is 12.2. The smallest absolute Gasteiger partial charge is 0.0396 e. The Balaban J connectivity index is 2.85. The Morgan fingerprint density at radius 1 is 1.19 bits per heavy atom. The molecule has 0 heterocycles. The predicted octanol–water partition coefficient (Wildman–Crippen LogP) is 2.67. The summed E-state index contributed by atoms with van der Waals surface area (Å²) >= 11 is 0. The van der Waals surface area contributed by atoms with E-state index < -0.39 is 0 Å². The number of hydrogen-bond acceptors (Lipinski definition) is 2. The minimum atomic E-state index is 0.310. The van der Waals surface area contributed by atoms with E-state index in [0.29, 0.717) is 12.0 Å². The average molecular weight is 220 g/mol. The first-order valence-electron chi connectivity index (χ1n) is 5.93. The van der Waals surface area contributed by atoms with Crippen molar-refractivity contribution in [3.63, 3.8) is 0 Å². The standard InChI is InChI=1S/C14H24N2/c1-14(2,3)11-16(4)13-8-6-5-7-12(13)9-10-15/h5-8H,9-11,15H2,1-4H3. The second-order valence-corrected chi connectivity index (χ2v) is 5.58. The molecule has 90 valence electrons. The first-order valence-corrected chi connectivity index (χ1v) is 5.93. The van der Waals surface area contributed by atoms with Gasteiger partial charge in [0.05, 0.1) is 0 Å².